The van der Waals surface area contributed by atoms with E-state index >= 15 is 0 Å². The molecule has 1 aliphatic carbocycles. The SMILES string of the molecule is Cc1ncsc1CN1CCCCC1c1nc(CCOCC2CCCC2)no1. The van der Waals surface area contributed by atoms with Crippen LogP contribution >= 0.6 is 11.3 Å². The summed E-state index contributed by atoms with van der Waals surface area (Å²) in [6.07, 6.45) is 9.62. The van der Waals surface area contributed by atoms with Gasteiger partial charge in [0.15, 0.2) is 5.82 Å². The van der Waals surface area contributed by atoms with Crippen molar-refractivity contribution in [3.63, 3.8) is 0 Å². The number of hydrogen-bond donors (Lipinski definition) is 0. The minimum absolute atomic E-state index is 0.223. The molecule has 0 bridgehead atoms. The number of aromatic nitrogens is 3. The summed E-state index contributed by atoms with van der Waals surface area (Å²) in [5, 5.41) is 4.21. The van der Waals surface area contributed by atoms with Crippen molar-refractivity contribution in [2.45, 2.75) is 70.9 Å². The molecule has 1 saturated carbocycles. The fourth-order valence-corrected chi connectivity index (χ4v) is 5.02. The van der Waals surface area contributed by atoms with Gasteiger partial charge in [-0.05, 0) is 45.1 Å². The smallest absolute Gasteiger partial charge is 0.244 e. The average Bonchev–Trinajstić information content (AvgIpc) is 3.43. The lowest BCUT2D eigenvalue weighted by Crippen LogP contribution is -2.33. The fraction of sp³-hybridized carbons (Fsp3) is 0.750. The molecule has 0 aromatic carbocycles. The number of nitrogens with zero attached hydrogens (tertiary/aromatic N) is 4. The first kappa shape index (κ1) is 19.0. The van der Waals surface area contributed by atoms with Crippen molar-refractivity contribution >= 4 is 11.3 Å². The molecule has 4 rings (SSSR count). The van der Waals surface area contributed by atoms with Gasteiger partial charge in [-0.2, -0.15) is 4.98 Å². The standard InChI is InChI=1S/C20H30N4O2S/c1-15-18(27-14-21-15)12-24-10-5-4-8-17(24)20-22-19(23-26-20)9-11-25-13-16-6-2-3-7-16/h14,16-17H,2-13H2,1H3. The van der Waals surface area contributed by atoms with Crippen LogP contribution in [0.5, 0.6) is 0 Å². The Hall–Kier alpha value is -1.31. The molecule has 1 aliphatic heterocycles. The number of ether oxygens (including phenoxy) is 1. The summed E-state index contributed by atoms with van der Waals surface area (Å²) in [4.78, 5) is 12.9. The number of hydrogen-bond acceptors (Lipinski definition) is 7. The number of rotatable bonds is 8. The molecule has 27 heavy (non-hydrogen) atoms. The highest BCUT2D eigenvalue weighted by atomic mass is 32.1. The van der Waals surface area contributed by atoms with Gasteiger partial charge < -0.3 is 9.26 Å². The summed E-state index contributed by atoms with van der Waals surface area (Å²) in [7, 11) is 0. The Morgan fingerprint density at radius 3 is 2.89 bits per heavy atom. The first-order valence-electron chi connectivity index (χ1n) is 10.3. The van der Waals surface area contributed by atoms with Crippen LogP contribution in [0.3, 0.4) is 0 Å². The van der Waals surface area contributed by atoms with E-state index in [9.17, 15) is 0 Å². The minimum atomic E-state index is 0.223. The van der Waals surface area contributed by atoms with E-state index in [0.29, 0.717) is 6.61 Å². The summed E-state index contributed by atoms with van der Waals surface area (Å²) >= 11 is 1.73. The van der Waals surface area contributed by atoms with Crippen LogP contribution in [0.15, 0.2) is 10.0 Å². The molecule has 0 spiro atoms. The second-order valence-corrected chi connectivity index (χ2v) is 8.81. The second kappa shape index (κ2) is 9.26. The Labute approximate surface area is 165 Å². The maximum absolute atomic E-state index is 5.84. The largest absolute Gasteiger partial charge is 0.381 e. The lowest BCUT2D eigenvalue weighted by atomic mass is 10.0. The molecule has 6 nitrogen and oxygen atoms in total. The fourth-order valence-electron chi connectivity index (χ4n) is 4.22. The van der Waals surface area contributed by atoms with Crippen LogP contribution in [0.1, 0.15) is 73.3 Å². The molecular formula is C20H30N4O2S. The van der Waals surface area contributed by atoms with Crippen molar-refractivity contribution in [3.05, 3.63) is 27.8 Å². The highest BCUT2D eigenvalue weighted by Crippen LogP contribution is 2.32. The molecule has 1 atom stereocenters. The highest BCUT2D eigenvalue weighted by Gasteiger charge is 2.29. The Balaban J connectivity index is 1.30. The topological polar surface area (TPSA) is 64.3 Å². The molecule has 3 heterocycles. The third kappa shape index (κ3) is 4.95. The molecule has 7 heteroatoms. The Bertz CT molecular complexity index is 710. The second-order valence-electron chi connectivity index (χ2n) is 7.87. The number of piperidine rings is 1. The van der Waals surface area contributed by atoms with E-state index in [-0.39, 0.29) is 6.04 Å². The van der Waals surface area contributed by atoms with Crippen LogP contribution in [0.25, 0.3) is 0 Å². The molecule has 2 fully saturated rings. The van der Waals surface area contributed by atoms with E-state index in [4.69, 9.17) is 14.2 Å². The van der Waals surface area contributed by atoms with E-state index in [1.165, 1.54) is 43.4 Å². The van der Waals surface area contributed by atoms with Gasteiger partial charge >= 0.3 is 0 Å². The zero-order valence-electron chi connectivity index (χ0n) is 16.2. The zero-order valence-corrected chi connectivity index (χ0v) is 17.0. The van der Waals surface area contributed by atoms with Gasteiger partial charge in [0.05, 0.1) is 23.9 Å². The Kier molecular flexibility index (Phi) is 6.52. The Morgan fingerprint density at radius 2 is 2.07 bits per heavy atom. The molecule has 0 amide bonds. The van der Waals surface area contributed by atoms with Crippen molar-refractivity contribution in [2.75, 3.05) is 19.8 Å². The van der Waals surface area contributed by atoms with Gasteiger partial charge in [-0.1, -0.05) is 24.4 Å². The van der Waals surface area contributed by atoms with Crippen LogP contribution in [-0.4, -0.2) is 39.8 Å². The molecule has 0 N–H and O–H groups in total. The minimum Gasteiger partial charge on any atom is -0.381 e. The van der Waals surface area contributed by atoms with Crippen molar-refractivity contribution in [1.82, 2.24) is 20.0 Å². The lowest BCUT2D eigenvalue weighted by Gasteiger charge is -2.33. The quantitative estimate of drug-likeness (QED) is 0.626. The maximum Gasteiger partial charge on any atom is 0.244 e. The van der Waals surface area contributed by atoms with Crippen molar-refractivity contribution in [2.24, 2.45) is 5.92 Å². The first-order chi connectivity index (χ1) is 13.3. The highest BCUT2D eigenvalue weighted by molar-refractivity contribution is 7.09. The predicted octanol–water partition coefficient (Wildman–Crippen LogP) is 4.31. The number of likely N-dealkylation sites (tertiary alicyclic amines) is 1. The summed E-state index contributed by atoms with van der Waals surface area (Å²) in [6.45, 7) is 5.65. The summed E-state index contributed by atoms with van der Waals surface area (Å²) in [5.41, 5.74) is 3.06. The normalized spacial score (nSPS) is 21.9. The average molecular weight is 391 g/mol. The lowest BCUT2D eigenvalue weighted by molar-refractivity contribution is 0.102. The molecule has 2 aliphatic rings. The summed E-state index contributed by atoms with van der Waals surface area (Å²) in [5.74, 6) is 2.30. The molecule has 1 saturated heterocycles. The van der Waals surface area contributed by atoms with Gasteiger partial charge in [-0.3, -0.25) is 4.90 Å². The molecule has 1 unspecified atom stereocenters. The van der Waals surface area contributed by atoms with E-state index in [1.54, 1.807) is 11.3 Å². The monoisotopic (exact) mass is 390 g/mol. The van der Waals surface area contributed by atoms with Crippen LogP contribution in [0.2, 0.25) is 0 Å². The van der Waals surface area contributed by atoms with E-state index in [2.05, 4.69) is 22.0 Å². The van der Waals surface area contributed by atoms with Gasteiger partial charge in [-0.15, -0.1) is 11.3 Å². The molecule has 0 radical (unpaired) electrons. The molecule has 2 aromatic rings. The Morgan fingerprint density at radius 1 is 1.22 bits per heavy atom. The van der Waals surface area contributed by atoms with E-state index in [1.807, 2.05) is 5.51 Å². The molecule has 148 valence electrons. The van der Waals surface area contributed by atoms with Crippen LogP contribution in [-0.2, 0) is 17.7 Å². The van der Waals surface area contributed by atoms with Crippen molar-refractivity contribution < 1.29 is 9.26 Å². The number of thiazole rings is 1. The van der Waals surface area contributed by atoms with Gasteiger partial charge in [0.2, 0.25) is 5.89 Å². The van der Waals surface area contributed by atoms with Gasteiger partial charge in [-0.25, -0.2) is 4.98 Å². The van der Waals surface area contributed by atoms with Gasteiger partial charge in [0.1, 0.15) is 0 Å². The summed E-state index contributed by atoms with van der Waals surface area (Å²) < 4.78 is 11.5. The van der Waals surface area contributed by atoms with Gasteiger partial charge in [0, 0.05) is 24.4 Å². The van der Waals surface area contributed by atoms with Crippen LogP contribution in [0, 0.1) is 12.8 Å². The zero-order chi connectivity index (χ0) is 18.5. The van der Waals surface area contributed by atoms with Crippen molar-refractivity contribution in [3.8, 4) is 0 Å². The van der Waals surface area contributed by atoms with Gasteiger partial charge in [0.25, 0.3) is 0 Å². The molecular weight excluding hydrogens is 360 g/mol. The number of aryl methyl sites for hydroxylation is 1. The predicted molar refractivity (Wildman–Crippen MR) is 105 cm³/mol. The summed E-state index contributed by atoms with van der Waals surface area (Å²) in [6, 6.07) is 0.223. The first-order valence-corrected chi connectivity index (χ1v) is 11.2. The van der Waals surface area contributed by atoms with E-state index in [0.717, 1.165) is 55.9 Å². The van der Waals surface area contributed by atoms with Crippen molar-refractivity contribution in [1.29, 1.82) is 0 Å². The maximum atomic E-state index is 5.84. The van der Waals surface area contributed by atoms with Crippen LogP contribution < -0.4 is 0 Å². The van der Waals surface area contributed by atoms with Crippen LogP contribution in [0.4, 0.5) is 0 Å². The third-order valence-corrected chi connectivity index (χ3v) is 6.79. The third-order valence-electron chi connectivity index (χ3n) is 5.87. The van der Waals surface area contributed by atoms with E-state index < -0.39 is 0 Å². The molecule has 2 aromatic heterocycles.